The van der Waals surface area contributed by atoms with E-state index < -0.39 is 11.7 Å². The third-order valence-corrected chi connectivity index (χ3v) is 6.76. The molecule has 1 saturated heterocycles. The molecule has 1 aliphatic heterocycles. The third kappa shape index (κ3) is 5.80. The lowest BCUT2D eigenvalue weighted by molar-refractivity contribution is -0.0339. The Morgan fingerprint density at radius 2 is 2.05 bits per heavy atom. The van der Waals surface area contributed by atoms with E-state index in [-0.39, 0.29) is 58.4 Å². The van der Waals surface area contributed by atoms with Crippen LogP contribution in [0.15, 0.2) is 35.4 Å². The van der Waals surface area contributed by atoms with Gasteiger partial charge in [0.05, 0.1) is 18.3 Å². The summed E-state index contributed by atoms with van der Waals surface area (Å²) in [7, 11) is 3.14. The summed E-state index contributed by atoms with van der Waals surface area (Å²) in [6, 6.07) is 4.88. The van der Waals surface area contributed by atoms with E-state index in [9.17, 15) is 14.4 Å². The van der Waals surface area contributed by atoms with Gasteiger partial charge in [0.25, 0.3) is 11.5 Å². The molecular weight excluding hydrogens is 518 g/mol. The Hall–Kier alpha value is -3.97. The average Bonchev–Trinajstić information content (AvgIpc) is 3.53. The van der Waals surface area contributed by atoms with Gasteiger partial charge in [0.1, 0.15) is 34.7 Å². The van der Waals surface area contributed by atoms with Gasteiger partial charge in [-0.25, -0.2) is 9.78 Å². The molecule has 13 heteroatoms. The van der Waals surface area contributed by atoms with Gasteiger partial charge in [-0.05, 0) is 58.6 Å². The van der Waals surface area contributed by atoms with Crippen molar-refractivity contribution in [3.63, 3.8) is 0 Å². The number of nitrogens with zero attached hydrogens (tertiary/aromatic N) is 5. The SMILES string of the molecule is CO[C@H]1CC1NC(=O)c1cnn2c(N(C)C(=O)OC(C)(C)C)cc(Nc3cccn([C@H]4CCCCO4)c3=O)nc12. The standard InChI is InChI=1S/C27H35N7O6/c1-27(2,3)40-26(37)32(4)21-14-20(29-17-9-8-11-33(25(17)36)22-10-6-7-12-39-22)31-23-16(15-28-34(21)23)24(35)30-18-13-19(18)38-5/h8-9,11,14-15,18-19,22H,6-7,10,12-13H2,1-5H3,(H,29,31)(H,30,35)/t18?,19-,22+/m0/s1. The summed E-state index contributed by atoms with van der Waals surface area (Å²) in [5.41, 5.74) is -0.318. The molecule has 13 nitrogen and oxygen atoms in total. The maximum atomic E-state index is 13.3. The summed E-state index contributed by atoms with van der Waals surface area (Å²) >= 11 is 0. The van der Waals surface area contributed by atoms with Gasteiger partial charge in [0.15, 0.2) is 5.65 Å². The topological polar surface area (TPSA) is 141 Å². The van der Waals surface area contributed by atoms with Crippen LogP contribution in [0.5, 0.6) is 0 Å². The van der Waals surface area contributed by atoms with Gasteiger partial charge in [0.2, 0.25) is 0 Å². The number of carbonyl (C=O) groups excluding carboxylic acids is 2. The quantitative estimate of drug-likeness (QED) is 0.451. The summed E-state index contributed by atoms with van der Waals surface area (Å²) < 4.78 is 19.6. The Labute approximate surface area is 231 Å². The molecule has 4 heterocycles. The summed E-state index contributed by atoms with van der Waals surface area (Å²) in [4.78, 5) is 45.3. The fourth-order valence-electron chi connectivity index (χ4n) is 4.58. The number of rotatable bonds is 7. The van der Waals surface area contributed by atoms with E-state index in [0.717, 1.165) is 25.7 Å². The van der Waals surface area contributed by atoms with Crippen LogP contribution in [-0.4, -0.2) is 69.7 Å². The van der Waals surface area contributed by atoms with Crippen molar-refractivity contribution in [2.75, 3.05) is 31.0 Å². The van der Waals surface area contributed by atoms with Gasteiger partial charge in [-0.2, -0.15) is 9.61 Å². The van der Waals surface area contributed by atoms with Crippen LogP contribution in [-0.2, 0) is 14.2 Å². The monoisotopic (exact) mass is 553 g/mol. The third-order valence-electron chi connectivity index (χ3n) is 6.76. The molecule has 2 amide bonds. The number of ether oxygens (including phenoxy) is 3. The molecule has 2 N–H and O–H groups in total. The van der Waals surface area contributed by atoms with Crippen LogP contribution in [0.4, 0.5) is 22.1 Å². The Morgan fingerprint density at radius 1 is 1.25 bits per heavy atom. The number of carbonyl (C=O) groups is 2. The molecule has 1 saturated carbocycles. The van der Waals surface area contributed by atoms with E-state index in [2.05, 4.69) is 20.7 Å². The number of aromatic nitrogens is 4. The van der Waals surface area contributed by atoms with Crippen molar-refractivity contribution in [3.8, 4) is 0 Å². The summed E-state index contributed by atoms with van der Waals surface area (Å²) in [5, 5.41) is 10.4. The highest BCUT2D eigenvalue weighted by Gasteiger charge is 2.39. The van der Waals surface area contributed by atoms with Crippen molar-refractivity contribution in [2.24, 2.45) is 0 Å². The van der Waals surface area contributed by atoms with Crippen LogP contribution in [0.25, 0.3) is 5.65 Å². The zero-order chi connectivity index (χ0) is 28.6. The largest absolute Gasteiger partial charge is 0.443 e. The smallest absolute Gasteiger partial charge is 0.415 e. The highest BCUT2D eigenvalue weighted by Crippen LogP contribution is 2.28. The zero-order valence-electron chi connectivity index (χ0n) is 23.3. The lowest BCUT2D eigenvalue weighted by Gasteiger charge is -2.25. The van der Waals surface area contributed by atoms with Gasteiger partial charge in [-0.3, -0.25) is 19.1 Å². The normalized spacial score (nSPS) is 20.7. The molecule has 3 atom stereocenters. The van der Waals surface area contributed by atoms with E-state index >= 15 is 0 Å². The van der Waals surface area contributed by atoms with Gasteiger partial charge in [0, 0.05) is 33.0 Å². The van der Waals surface area contributed by atoms with Crippen molar-refractivity contribution in [1.82, 2.24) is 24.5 Å². The molecule has 3 aromatic rings. The summed E-state index contributed by atoms with van der Waals surface area (Å²) in [5.74, 6) is 0.161. The number of nitrogens with one attached hydrogen (secondary N) is 2. The van der Waals surface area contributed by atoms with Gasteiger partial charge >= 0.3 is 6.09 Å². The molecule has 2 aliphatic rings. The Kier molecular flexibility index (Phi) is 7.51. The second kappa shape index (κ2) is 10.9. The number of hydrogen-bond acceptors (Lipinski definition) is 9. The number of pyridine rings is 1. The van der Waals surface area contributed by atoms with E-state index in [1.165, 1.54) is 22.7 Å². The number of amides is 2. The summed E-state index contributed by atoms with van der Waals surface area (Å²) in [6.07, 6.45) is 5.52. The van der Waals surface area contributed by atoms with Crippen LogP contribution < -0.4 is 21.1 Å². The number of fused-ring (bicyclic) bond motifs is 1. The van der Waals surface area contributed by atoms with Crippen molar-refractivity contribution < 1.29 is 23.8 Å². The summed E-state index contributed by atoms with van der Waals surface area (Å²) in [6.45, 7) is 5.91. The lowest BCUT2D eigenvalue weighted by Crippen LogP contribution is -2.35. The van der Waals surface area contributed by atoms with Crippen molar-refractivity contribution in [2.45, 2.75) is 70.4 Å². The predicted octanol–water partition coefficient (Wildman–Crippen LogP) is 3.22. The number of hydrogen-bond donors (Lipinski definition) is 2. The minimum Gasteiger partial charge on any atom is -0.443 e. The van der Waals surface area contributed by atoms with E-state index in [1.807, 2.05) is 0 Å². The van der Waals surface area contributed by atoms with Crippen LogP contribution in [0, 0.1) is 0 Å². The van der Waals surface area contributed by atoms with Gasteiger partial charge in [-0.15, -0.1) is 0 Å². The molecular formula is C27H35N7O6. The highest BCUT2D eigenvalue weighted by atomic mass is 16.6. The number of anilines is 3. The maximum Gasteiger partial charge on any atom is 0.415 e. The van der Waals surface area contributed by atoms with Gasteiger partial charge < -0.3 is 24.8 Å². The Bertz CT molecular complexity index is 1470. The van der Waals surface area contributed by atoms with E-state index in [4.69, 9.17) is 14.2 Å². The number of methoxy groups -OCH3 is 1. The average molecular weight is 554 g/mol. The van der Waals surface area contributed by atoms with Gasteiger partial charge in [-0.1, -0.05) is 0 Å². The molecule has 0 radical (unpaired) electrons. The minimum absolute atomic E-state index is 0.0294. The molecule has 214 valence electrons. The second-order valence-corrected chi connectivity index (χ2v) is 11.0. The minimum atomic E-state index is -0.730. The molecule has 3 aromatic heterocycles. The molecule has 1 unspecified atom stereocenters. The second-order valence-electron chi connectivity index (χ2n) is 11.0. The molecule has 0 bridgehead atoms. The maximum absolute atomic E-state index is 13.3. The zero-order valence-corrected chi connectivity index (χ0v) is 23.3. The first-order valence-corrected chi connectivity index (χ1v) is 13.3. The van der Waals surface area contributed by atoms with Crippen LogP contribution in [0.1, 0.15) is 63.0 Å². The highest BCUT2D eigenvalue weighted by molar-refractivity contribution is 6.01. The molecule has 2 fully saturated rings. The van der Waals surface area contributed by atoms with Crippen molar-refractivity contribution >= 4 is 35.0 Å². The molecule has 0 spiro atoms. The fourth-order valence-corrected chi connectivity index (χ4v) is 4.58. The van der Waals surface area contributed by atoms with Crippen LogP contribution in [0.3, 0.4) is 0 Å². The Balaban J connectivity index is 1.53. The fraction of sp³-hybridized carbons (Fsp3) is 0.519. The van der Waals surface area contributed by atoms with Crippen molar-refractivity contribution in [3.05, 3.63) is 46.5 Å². The Morgan fingerprint density at radius 3 is 2.73 bits per heavy atom. The predicted molar refractivity (Wildman–Crippen MR) is 147 cm³/mol. The van der Waals surface area contributed by atoms with E-state index in [0.29, 0.717) is 6.61 Å². The first kappa shape index (κ1) is 27.6. The lowest BCUT2D eigenvalue weighted by atomic mass is 10.2. The molecule has 1 aliphatic carbocycles. The van der Waals surface area contributed by atoms with E-state index in [1.54, 1.807) is 56.8 Å². The molecule has 5 rings (SSSR count). The first-order chi connectivity index (χ1) is 19.1. The first-order valence-electron chi connectivity index (χ1n) is 13.3. The van der Waals surface area contributed by atoms with Crippen molar-refractivity contribution in [1.29, 1.82) is 0 Å². The van der Waals surface area contributed by atoms with Crippen LogP contribution >= 0.6 is 0 Å². The molecule has 40 heavy (non-hydrogen) atoms. The van der Waals surface area contributed by atoms with Crippen LogP contribution in [0.2, 0.25) is 0 Å². The molecule has 0 aromatic carbocycles.